The number of amides is 1. The molecule has 1 unspecified atom stereocenters. The lowest BCUT2D eigenvalue weighted by Crippen LogP contribution is -2.34. The average Bonchev–Trinajstić information content (AvgIpc) is 3.30. The summed E-state index contributed by atoms with van der Waals surface area (Å²) in [5, 5.41) is 3.68. The highest BCUT2D eigenvalue weighted by molar-refractivity contribution is 6.30. The third-order valence-electron chi connectivity index (χ3n) is 4.63. The predicted molar refractivity (Wildman–Crippen MR) is 101 cm³/mol. The fourth-order valence-corrected chi connectivity index (χ4v) is 3.40. The van der Waals surface area contributed by atoms with Gasteiger partial charge in [-0.1, -0.05) is 35.9 Å². The van der Waals surface area contributed by atoms with Crippen molar-refractivity contribution in [2.45, 2.75) is 32.0 Å². The molecule has 0 radical (unpaired) electrons. The Hall–Kier alpha value is -2.37. The molecule has 5 nitrogen and oxygen atoms in total. The van der Waals surface area contributed by atoms with Crippen LogP contribution in [0.2, 0.25) is 5.02 Å². The number of nitrogens with zero attached hydrogens (tertiary/aromatic N) is 2. The van der Waals surface area contributed by atoms with Gasteiger partial charge in [-0.2, -0.15) is 0 Å². The molecule has 0 spiro atoms. The average molecular weight is 370 g/mol. The zero-order valence-corrected chi connectivity index (χ0v) is 15.1. The second kappa shape index (κ2) is 7.48. The number of halogens is 1. The second-order valence-electron chi connectivity index (χ2n) is 6.45. The SMILES string of the molecule is O=C(NCc1nc2ccccc2n1Cc1ccc(Cl)cc1)C1CCCO1. The maximum atomic E-state index is 12.3. The van der Waals surface area contributed by atoms with Crippen molar-refractivity contribution in [1.29, 1.82) is 0 Å². The normalized spacial score (nSPS) is 16.9. The van der Waals surface area contributed by atoms with Crippen LogP contribution in [-0.4, -0.2) is 28.2 Å². The maximum Gasteiger partial charge on any atom is 0.249 e. The topological polar surface area (TPSA) is 56.2 Å². The number of nitrogens with one attached hydrogen (secondary N) is 1. The van der Waals surface area contributed by atoms with Gasteiger partial charge in [-0.15, -0.1) is 0 Å². The van der Waals surface area contributed by atoms with Crippen molar-refractivity contribution in [3.63, 3.8) is 0 Å². The highest BCUT2D eigenvalue weighted by Gasteiger charge is 2.23. The highest BCUT2D eigenvalue weighted by atomic mass is 35.5. The van der Waals surface area contributed by atoms with Gasteiger partial charge in [-0.05, 0) is 42.7 Å². The van der Waals surface area contributed by atoms with E-state index in [0.29, 0.717) is 24.7 Å². The van der Waals surface area contributed by atoms with Gasteiger partial charge in [0.1, 0.15) is 11.9 Å². The number of aromatic nitrogens is 2. The summed E-state index contributed by atoms with van der Waals surface area (Å²) in [6.07, 6.45) is 1.39. The predicted octanol–water partition coefficient (Wildman–Crippen LogP) is 3.53. The summed E-state index contributed by atoms with van der Waals surface area (Å²) in [4.78, 5) is 17.0. The van der Waals surface area contributed by atoms with Crippen molar-refractivity contribution in [3.8, 4) is 0 Å². The first-order valence-corrected chi connectivity index (χ1v) is 9.16. The number of para-hydroxylation sites is 2. The second-order valence-corrected chi connectivity index (χ2v) is 6.89. The molecule has 1 atom stereocenters. The summed E-state index contributed by atoms with van der Waals surface area (Å²) in [6.45, 7) is 1.71. The molecule has 1 fully saturated rings. The monoisotopic (exact) mass is 369 g/mol. The molecule has 1 amide bonds. The van der Waals surface area contributed by atoms with Gasteiger partial charge in [0.05, 0.1) is 17.6 Å². The molecule has 0 bridgehead atoms. The fourth-order valence-electron chi connectivity index (χ4n) is 3.27. The number of carbonyl (C=O) groups excluding carboxylic acids is 1. The van der Waals surface area contributed by atoms with Crippen LogP contribution >= 0.6 is 11.6 Å². The molecular formula is C20H20ClN3O2. The van der Waals surface area contributed by atoms with Gasteiger partial charge >= 0.3 is 0 Å². The van der Waals surface area contributed by atoms with Crippen LogP contribution < -0.4 is 5.32 Å². The van der Waals surface area contributed by atoms with E-state index in [1.54, 1.807) is 0 Å². The van der Waals surface area contributed by atoms with Gasteiger partial charge in [-0.25, -0.2) is 4.98 Å². The number of hydrogen-bond donors (Lipinski definition) is 1. The summed E-state index contributed by atoms with van der Waals surface area (Å²) in [5.41, 5.74) is 3.09. The van der Waals surface area contributed by atoms with E-state index < -0.39 is 0 Å². The summed E-state index contributed by atoms with van der Waals surface area (Å²) in [5.74, 6) is 0.764. The molecule has 1 N–H and O–H groups in total. The molecule has 2 heterocycles. The smallest absolute Gasteiger partial charge is 0.249 e. The molecule has 0 saturated carbocycles. The van der Waals surface area contributed by atoms with E-state index in [1.165, 1.54) is 0 Å². The lowest BCUT2D eigenvalue weighted by atomic mass is 10.2. The minimum absolute atomic E-state index is 0.0624. The van der Waals surface area contributed by atoms with E-state index in [4.69, 9.17) is 21.3 Å². The molecule has 1 aliphatic heterocycles. The van der Waals surface area contributed by atoms with Gasteiger partial charge in [0.25, 0.3) is 0 Å². The molecule has 26 heavy (non-hydrogen) atoms. The minimum Gasteiger partial charge on any atom is -0.368 e. The van der Waals surface area contributed by atoms with Gasteiger partial charge in [0, 0.05) is 18.2 Å². The molecule has 4 rings (SSSR count). The van der Waals surface area contributed by atoms with Crippen molar-refractivity contribution < 1.29 is 9.53 Å². The Bertz CT molecular complexity index is 914. The van der Waals surface area contributed by atoms with E-state index in [2.05, 4.69) is 9.88 Å². The van der Waals surface area contributed by atoms with Gasteiger partial charge in [0.15, 0.2) is 0 Å². The zero-order chi connectivity index (χ0) is 17.9. The first kappa shape index (κ1) is 17.1. The molecule has 1 aliphatic rings. The van der Waals surface area contributed by atoms with E-state index >= 15 is 0 Å². The molecule has 3 aromatic rings. The fraction of sp³-hybridized carbons (Fsp3) is 0.300. The zero-order valence-electron chi connectivity index (χ0n) is 14.3. The Morgan fingerprint density at radius 1 is 1.23 bits per heavy atom. The number of ether oxygens (including phenoxy) is 1. The van der Waals surface area contributed by atoms with Crippen molar-refractivity contribution in [2.24, 2.45) is 0 Å². The number of imidazole rings is 1. The molecule has 0 aliphatic carbocycles. The molecular weight excluding hydrogens is 350 g/mol. The third kappa shape index (κ3) is 3.59. The summed E-state index contributed by atoms with van der Waals surface area (Å²) in [7, 11) is 0. The maximum absolute atomic E-state index is 12.3. The largest absolute Gasteiger partial charge is 0.368 e. The van der Waals surface area contributed by atoms with E-state index in [-0.39, 0.29) is 12.0 Å². The molecule has 6 heteroatoms. The van der Waals surface area contributed by atoms with Crippen molar-refractivity contribution >= 4 is 28.5 Å². The third-order valence-corrected chi connectivity index (χ3v) is 4.88. The lowest BCUT2D eigenvalue weighted by molar-refractivity contribution is -0.130. The number of fused-ring (bicyclic) bond motifs is 1. The Balaban J connectivity index is 1.58. The first-order chi connectivity index (χ1) is 12.7. The number of benzene rings is 2. The van der Waals surface area contributed by atoms with Crippen molar-refractivity contribution in [1.82, 2.24) is 14.9 Å². The minimum atomic E-state index is -0.330. The van der Waals surface area contributed by atoms with E-state index in [1.807, 2.05) is 48.5 Å². The molecule has 1 aromatic heterocycles. The van der Waals surface area contributed by atoms with Crippen molar-refractivity contribution in [3.05, 3.63) is 64.9 Å². The Labute approximate surface area is 156 Å². The summed E-state index contributed by atoms with van der Waals surface area (Å²) < 4.78 is 7.58. The van der Waals surface area contributed by atoms with Gasteiger partial charge in [0.2, 0.25) is 5.91 Å². The first-order valence-electron chi connectivity index (χ1n) is 8.78. The molecule has 2 aromatic carbocycles. The van der Waals surface area contributed by atoms with Crippen LogP contribution in [0.5, 0.6) is 0 Å². The number of rotatable bonds is 5. The lowest BCUT2D eigenvalue weighted by Gasteiger charge is -2.12. The van der Waals surface area contributed by atoms with Crippen LogP contribution in [0.1, 0.15) is 24.2 Å². The molecule has 134 valence electrons. The van der Waals surface area contributed by atoms with Crippen LogP contribution in [-0.2, 0) is 22.6 Å². The van der Waals surface area contributed by atoms with Crippen LogP contribution in [0.3, 0.4) is 0 Å². The Kier molecular flexibility index (Phi) is 4.91. The van der Waals surface area contributed by atoms with E-state index in [9.17, 15) is 4.79 Å². The van der Waals surface area contributed by atoms with Gasteiger partial charge < -0.3 is 14.6 Å². The van der Waals surface area contributed by atoms with Crippen LogP contribution in [0.15, 0.2) is 48.5 Å². The number of hydrogen-bond acceptors (Lipinski definition) is 3. The standard InChI is InChI=1S/C20H20ClN3O2/c21-15-9-7-14(8-10-15)13-24-17-5-2-1-4-16(17)23-19(24)12-22-20(25)18-6-3-11-26-18/h1-2,4-5,7-10,18H,3,6,11-13H2,(H,22,25). The van der Waals surface area contributed by atoms with Gasteiger partial charge in [-0.3, -0.25) is 4.79 Å². The highest BCUT2D eigenvalue weighted by Crippen LogP contribution is 2.19. The quantitative estimate of drug-likeness (QED) is 0.748. The van der Waals surface area contributed by atoms with Crippen LogP contribution in [0, 0.1) is 0 Å². The molecule has 1 saturated heterocycles. The van der Waals surface area contributed by atoms with E-state index in [0.717, 1.165) is 35.3 Å². The summed E-state index contributed by atoms with van der Waals surface area (Å²) in [6, 6.07) is 15.8. The Morgan fingerprint density at radius 3 is 2.81 bits per heavy atom. The number of carbonyl (C=O) groups is 1. The summed E-state index contributed by atoms with van der Waals surface area (Å²) >= 11 is 5.99. The van der Waals surface area contributed by atoms with Crippen LogP contribution in [0.4, 0.5) is 0 Å². The van der Waals surface area contributed by atoms with Crippen LogP contribution in [0.25, 0.3) is 11.0 Å². The Morgan fingerprint density at radius 2 is 2.04 bits per heavy atom. The van der Waals surface area contributed by atoms with Crippen molar-refractivity contribution in [2.75, 3.05) is 6.61 Å².